The lowest BCUT2D eigenvalue weighted by Crippen LogP contribution is -2.33. The minimum Gasteiger partial charge on any atom is -0.408 e. The van der Waals surface area contributed by atoms with Gasteiger partial charge in [-0.3, -0.25) is 9.36 Å². The lowest BCUT2D eigenvalue weighted by Gasteiger charge is -2.23. The molecule has 0 bridgehead atoms. The summed E-state index contributed by atoms with van der Waals surface area (Å²) >= 11 is 5.96. The van der Waals surface area contributed by atoms with Crippen LogP contribution in [0.25, 0.3) is 11.1 Å². The van der Waals surface area contributed by atoms with Gasteiger partial charge in [0.25, 0.3) is 0 Å². The first-order valence-electron chi connectivity index (χ1n) is 10.1. The van der Waals surface area contributed by atoms with Crippen molar-refractivity contribution in [3.8, 4) is 0 Å². The monoisotopic (exact) mass is 412 g/mol. The van der Waals surface area contributed by atoms with Crippen molar-refractivity contribution in [1.82, 2.24) is 9.47 Å². The molecule has 0 radical (unpaired) electrons. The fourth-order valence-corrected chi connectivity index (χ4v) is 3.78. The molecule has 0 saturated heterocycles. The number of nitrogens with zero attached hydrogens (tertiary/aromatic N) is 2. The Labute approximate surface area is 174 Å². The van der Waals surface area contributed by atoms with Crippen LogP contribution in [-0.4, -0.2) is 21.4 Å². The third-order valence-corrected chi connectivity index (χ3v) is 5.72. The molecule has 1 saturated carbocycles. The van der Waals surface area contributed by atoms with Gasteiger partial charge >= 0.3 is 5.76 Å². The summed E-state index contributed by atoms with van der Waals surface area (Å²) in [6.07, 6.45) is 2.35. The van der Waals surface area contributed by atoms with Crippen molar-refractivity contribution >= 4 is 28.6 Å². The predicted molar refractivity (Wildman–Crippen MR) is 114 cm³/mol. The first-order valence-corrected chi connectivity index (χ1v) is 10.5. The number of hydrogen-bond acceptors (Lipinski definition) is 3. The molecular formula is C23H25ClN2O3. The molecule has 3 aromatic rings. The van der Waals surface area contributed by atoms with Crippen LogP contribution in [0.15, 0.2) is 51.7 Å². The summed E-state index contributed by atoms with van der Waals surface area (Å²) in [7, 11) is 0. The first kappa shape index (κ1) is 19.8. The van der Waals surface area contributed by atoms with E-state index >= 15 is 0 Å². The molecule has 0 spiro atoms. The summed E-state index contributed by atoms with van der Waals surface area (Å²) in [6, 6.07) is 13.9. The van der Waals surface area contributed by atoms with Crippen LogP contribution in [0, 0.1) is 0 Å². The largest absolute Gasteiger partial charge is 0.419 e. The zero-order valence-electron chi connectivity index (χ0n) is 16.7. The molecule has 0 aliphatic heterocycles. The van der Waals surface area contributed by atoms with E-state index in [0.29, 0.717) is 41.2 Å². The number of fused-ring (bicyclic) bond motifs is 1. The van der Waals surface area contributed by atoms with E-state index in [1.807, 2.05) is 4.90 Å². The molecule has 6 heteroatoms. The molecule has 1 heterocycles. The highest BCUT2D eigenvalue weighted by Crippen LogP contribution is 2.29. The molecule has 0 unspecified atom stereocenters. The van der Waals surface area contributed by atoms with Gasteiger partial charge in [-0.05, 0) is 42.0 Å². The van der Waals surface area contributed by atoms with Gasteiger partial charge in [-0.1, -0.05) is 49.7 Å². The van der Waals surface area contributed by atoms with E-state index in [4.69, 9.17) is 16.0 Å². The quantitative estimate of drug-likeness (QED) is 0.551. The summed E-state index contributed by atoms with van der Waals surface area (Å²) in [5.41, 5.74) is 3.54. The average Bonchev–Trinajstić information content (AvgIpc) is 3.48. The highest BCUT2D eigenvalue weighted by atomic mass is 35.5. The van der Waals surface area contributed by atoms with Crippen molar-refractivity contribution in [1.29, 1.82) is 0 Å². The number of carbonyl (C=O) groups excluding carboxylic acids is 1. The molecule has 1 amide bonds. The maximum absolute atomic E-state index is 13.0. The summed E-state index contributed by atoms with van der Waals surface area (Å²) in [5.74, 6) is 0.0937. The van der Waals surface area contributed by atoms with Gasteiger partial charge in [0, 0.05) is 36.6 Å². The minimum atomic E-state index is -0.461. The number of aryl methyl sites for hydroxylation is 1. The van der Waals surface area contributed by atoms with Crippen LogP contribution in [0.3, 0.4) is 0 Å². The van der Waals surface area contributed by atoms with Crippen LogP contribution in [0.2, 0.25) is 5.02 Å². The molecule has 1 fully saturated rings. The van der Waals surface area contributed by atoms with Crippen LogP contribution < -0.4 is 5.76 Å². The molecule has 0 atom stereocenters. The Morgan fingerprint density at radius 1 is 1.21 bits per heavy atom. The minimum absolute atomic E-state index is 0.0654. The van der Waals surface area contributed by atoms with Crippen molar-refractivity contribution in [3.63, 3.8) is 0 Å². The lowest BCUT2D eigenvalue weighted by atomic mass is 10.0. The smallest absolute Gasteiger partial charge is 0.408 e. The molecule has 0 N–H and O–H groups in total. The Balaban J connectivity index is 1.46. The molecule has 5 nitrogen and oxygen atoms in total. The van der Waals surface area contributed by atoms with Crippen LogP contribution in [0.1, 0.15) is 50.2 Å². The standard InChI is InChI=1S/C23H25ClN2O3/c1-15(2)17-5-3-16(4-6-17)14-26(19-8-9-19)22(27)11-12-25-20-10-7-18(24)13-21(20)29-23(25)28/h3-7,10,13,15,19H,8-9,11-12,14H2,1-2H3. The van der Waals surface area contributed by atoms with E-state index in [0.717, 1.165) is 18.4 Å². The molecular weight excluding hydrogens is 388 g/mol. The summed E-state index contributed by atoms with van der Waals surface area (Å²) in [5, 5.41) is 0.512. The normalized spacial score (nSPS) is 13.9. The molecule has 4 rings (SSSR count). The predicted octanol–water partition coefficient (Wildman–Crippen LogP) is 4.95. The topological polar surface area (TPSA) is 55.5 Å². The van der Waals surface area contributed by atoms with Gasteiger partial charge in [0.1, 0.15) is 0 Å². The highest BCUT2D eigenvalue weighted by Gasteiger charge is 2.32. The highest BCUT2D eigenvalue weighted by molar-refractivity contribution is 6.31. The fraction of sp³-hybridized carbons (Fsp3) is 0.391. The van der Waals surface area contributed by atoms with E-state index < -0.39 is 5.76 Å². The second kappa shape index (κ2) is 8.07. The SMILES string of the molecule is CC(C)c1ccc(CN(C(=O)CCn2c(=O)oc3cc(Cl)ccc32)C2CC2)cc1. The molecule has 152 valence electrons. The fourth-order valence-electron chi connectivity index (χ4n) is 3.61. The van der Waals surface area contributed by atoms with Gasteiger partial charge in [0.15, 0.2) is 5.58 Å². The van der Waals surface area contributed by atoms with E-state index in [-0.39, 0.29) is 12.3 Å². The van der Waals surface area contributed by atoms with Crippen LogP contribution in [0.4, 0.5) is 0 Å². The average molecular weight is 413 g/mol. The number of rotatable bonds is 7. The Kier molecular flexibility index (Phi) is 5.50. The number of aromatic nitrogens is 1. The maximum Gasteiger partial charge on any atom is 0.419 e. The summed E-state index contributed by atoms with van der Waals surface area (Å²) in [4.78, 5) is 27.1. The molecule has 29 heavy (non-hydrogen) atoms. The third-order valence-electron chi connectivity index (χ3n) is 5.49. The van der Waals surface area contributed by atoms with Crippen molar-refractivity contribution in [3.05, 3.63) is 69.2 Å². The van der Waals surface area contributed by atoms with Gasteiger partial charge in [-0.15, -0.1) is 0 Å². The molecule has 1 aliphatic rings. The van der Waals surface area contributed by atoms with Gasteiger partial charge < -0.3 is 9.32 Å². The maximum atomic E-state index is 13.0. The second-order valence-electron chi connectivity index (χ2n) is 8.03. The number of oxazole rings is 1. The Morgan fingerprint density at radius 2 is 1.93 bits per heavy atom. The van der Waals surface area contributed by atoms with Crippen LogP contribution >= 0.6 is 11.6 Å². The Hall–Kier alpha value is -2.53. The van der Waals surface area contributed by atoms with Crippen molar-refractivity contribution in [2.24, 2.45) is 0 Å². The van der Waals surface area contributed by atoms with E-state index in [1.165, 1.54) is 10.1 Å². The summed E-state index contributed by atoms with van der Waals surface area (Å²) in [6.45, 7) is 5.25. The summed E-state index contributed by atoms with van der Waals surface area (Å²) < 4.78 is 6.76. The van der Waals surface area contributed by atoms with Crippen LogP contribution in [-0.2, 0) is 17.9 Å². The molecule has 1 aliphatic carbocycles. The van der Waals surface area contributed by atoms with Crippen molar-refractivity contribution in [2.75, 3.05) is 0 Å². The van der Waals surface area contributed by atoms with Crippen molar-refractivity contribution < 1.29 is 9.21 Å². The molecule has 2 aromatic carbocycles. The number of benzene rings is 2. The second-order valence-corrected chi connectivity index (χ2v) is 8.47. The zero-order valence-corrected chi connectivity index (χ0v) is 17.5. The Bertz CT molecular complexity index is 1080. The number of carbonyl (C=O) groups is 1. The van der Waals surface area contributed by atoms with Gasteiger partial charge in [0.05, 0.1) is 5.52 Å². The zero-order chi connectivity index (χ0) is 20.5. The van der Waals surface area contributed by atoms with E-state index in [1.54, 1.807) is 18.2 Å². The molecule has 1 aromatic heterocycles. The third kappa shape index (κ3) is 4.40. The number of hydrogen-bond donors (Lipinski definition) is 0. The number of amides is 1. The first-order chi connectivity index (χ1) is 13.9. The van der Waals surface area contributed by atoms with Gasteiger partial charge in [-0.2, -0.15) is 0 Å². The van der Waals surface area contributed by atoms with E-state index in [2.05, 4.69) is 38.1 Å². The van der Waals surface area contributed by atoms with Gasteiger partial charge in [0.2, 0.25) is 5.91 Å². The number of halogens is 1. The lowest BCUT2D eigenvalue weighted by molar-refractivity contribution is -0.132. The van der Waals surface area contributed by atoms with E-state index in [9.17, 15) is 9.59 Å². The van der Waals surface area contributed by atoms with Gasteiger partial charge in [-0.25, -0.2) is 4.79 Å². The van der Waals surface area contributed by atoms with Crippen molar-refractivity contribution in [2.45, 2.75) is 58.2 Å². The van der Waals surface area contributed by atoms with Crippen LogP contribution in [0.5, 0.6) is 0 Å². The Morgan fingerprint density at radius 3 is 2.59 bits per heavy atom.